The average Bonchev–Trinajstić information content (AvgIpc) is 2.67. The van der Waals surface area contributed by atoms with Crippen LogP contribution >= 0.6 is 0 Å². The fourth-order valence-corrected chi connectivity index (χ4v) is 3.51. The monoisotopic (exact) mass is 316 g/mol. The number of Topliss-reactive ketones (excluding diaryl/α,β-unsaturated/α-hetero) is 1. The van der Waals surface area contributed by atoms with E-state index in [1.165, 1.54) is 32.1 Å². The lowest BCUT2D eigenvalue weighted by Crippen LogP contribution is -2.20. The van der Waals surface area contributed by atoms with Crippen molar-refractivity contribution in [2.45, 2.75) is 38.5 Å². The molecule has 1 saturated carbocycles. The first-order valence-corrected chi connectivity index (χ1v) is 8.98. The Labute approximate surface area is 145 Å². The fourth-order valence-electron chi connectivity index (χ4n) is 3.51. The van der Waals surface area contributed by atoms with Gasteiger partial charge in [-0.25, -0.2) is 0 Å². The molecule has 1 nitrogen and oxygen atoms in total. The van der Waals surface area contributed by atoms with Gasteiger partial charge in [-0.05, 0) is 30.9 Å². The van der Waals surface area contributed by atoms with Crippen molar-refractivity contribution >= 4 is 5.78 Å². The van der Waals surface area contributed by atoms with Crippen LogP contribution in [-0.2, 0) is 0 Å². The third-order valence-corrected chi connectivity index (χ3v) is 4.90. The van der Waals surface area contributed by atoms with Crippen LogP contribution in [0.1, 0.15) is 54.4 Å². The van der Waals surface area contributed by atoms with Crippen LogP contribution in [0.15, 0.2) is 60.7 Å². The minimum atomic E-state index is 0.165. The van der Waals surface area contributed by atoms with Crippen molar-refractivity contribution in [2.75, 3.05) is 0 Å². The van der Waals surface area contributed by atoms with E-state index in [0.29, 0.717) is 12.3 Å². The van der Waals surface area contributed by atoms with Crippen molar-refractivity contribution in [3.05, 3.63) is 71.8 Å². The Balaban J connectivity index is 1.77. The molecule has 0 spiro atoms. The normalized spacial score (nSPS) is 16.0. The maximum absolute atomic E-state index is 12.6. The summed E-state index contributed by atoms with van der Waals surface area (Å²) in [7, 11) is 0. The summed E-state index contributed by atoms with van der Waals surface area (Å²) in [4.78, 5) is 12.6. The van der Waals surface area contributed by atoms with Gasteiger partial charge in [0.1, 0.15) is 0 Å². The largest absolute Gasteiger partial charge is 0.294 e. The highest BCUT2D eigenvalue weighted by Crippen LogP contribution is 2.32. The third kappa shape index (κ3) is 4.59. The molecule has 1 aliphatic carbocycles. The van der Waals surface area contributed by atoms with Gasteiger partial charge in [0.2, 0.25) is 0 Å². The van der Waals surface area contributed by atoms with E-state index in [-0.39, 0.29) is 11.7 Å². The van der Waals surface area contributed by atoms with Crippen LogP contribution in [0.5, 0.6) is 0 Å². The molecule has 3 rings (SSSR count). The number of hydrogen-bond acceptors (Lipinski definition) is 1. The van der Waals surface area contributed by atoms with Crippen LogP contribution in [0.2, 0.25) is 0 Å². The molecule has 122 valence electrons. The van der Waals surface area contributed by atoms with Crippen molar-refractivity contribution in [1.29, 1.82) is 0 Å². The van der Waals surface area contributed by atoms with E-state index in [1.54, 1.807) is 0 Å². The molecule has 1 aliphatic rings. The summed E-state index contributed by atoms with van der Waals surface area (Å²) in [6.07, 6.45) is 6.81. The van der Waals surface area contributed by atoms with Gasteiger partial charge in [0.05, 0.1) is 0 Å². The molecule has 24 heavy (non-hydrogen) atoms. The molecule has 0 bridgehead atoms. The molecule has 2 aromatic rings. The average molecular weight is 316 g/mol. The molecular formula is C23H24O. The van der Waals surface area contributed by atoms with Crippen molar-refractivity contribution in [3.8, 4) is 11.8 Å². The zero-order chi connectivity index (χ0) is 16.6. The first-order chi connectivity index (χ1) is 11.8. The summed E-state index contributed by atoms with van der Waals surface area (Å²) in [6.45, 7) is 0. The predicted octanol–water partition coefficient (Wildman–Crippen LogP) is 5.51. The molecule has 0 radical (unpaired) electrons. The van der Waals surface area contributed by atoms with Crippen LogP contribution in [0.3, 0.4) is 0 Å². The summed E-state index contributed by atoms with van der Waals surface area (Å²) < 4.78 is 0. The van der Waals surface area contributed by atoms with Crippen molar-refractivity contribution in [1.82, 2.24) is 0 Å². The van der Waals surface area contributed by atoms with Crippen LogP contribution in [0.4, 0.5) is 0 Å². The van der Waals surface area contributed by atoms with Gasteiger partial charge in [-0.3, -0.25) is 4.79 Å². The molecule has 0 aliphatic heterocycles. The molecule has 1 atom stereocenters. The second-order valence-electron chi connectivity index (χ2n) is 6.63. The number of ketones is 1. The molecule has 0 N–H and O–H groups in total. The van der Waals surface area contributed by atoms with E-state index in [4.69, 9.17) is 0 Å². The molecule has 0 amide bonds. The number of carbonyl (C=O) groups is 1. The summed E-state index contributed by atoms with van der Waals surface area (Å²) in [5.41, 5.74) is 1.84. The third-order valence-electron chi connectivity index (χ3n) is 4.90. The molecule has 2 aromatic carbocycles. The van der Waals surface area contributed by atoms with Gasteiger partial charge in [-0.1, -0.05) is 79.6 Å². The fraction of sp³-hybridized carbons (Fsp3) is 0.348. The SMILES string of the molecule is O=C(CC(C#Cc1ccccc1)C1CCCCC1)c1ccccc1. The quantitative estimate of drug-likeness (QED) is 0.537. The first kappa shape index (κ1) is 16.5. The molecule has 1 unspecified atom stereocenters. The van der Waals surface area contributed by atoms with E-state index < -0.39 is 0 Å². The van der Waals surface area contributed by atoms with Gasteiger partial charge in [-0.2, -0.15) is 0 Å². The van der Waals surface area contributed by atoms with E-state index >= 15 is 0 Å². The van der Waals surface area contributed by atoms with Crippen LogP contribution < -0.4 is 0 Å². The summed E-state index contributed by atoms with van der Waals surface area (Å²) in [5, 5.41) is 0. The summed E-state index contributed by atoms with van der Waals surface area (Å²) in [6, 6.07) is 19.7. The molecule has 0 heterocycles. The predicted molar refractivity (Wildman–Crippen MR) is 98.8 cm³/mol. The molecule has 1 fully saturated rings. The van der Waals surface area contributed by atoms with Gasteiger partial charge in [-0.15, -0.1) is 0 Å². The maximum atomic E-state index is 12.6. The van der Waals surface area contributed by atoms with Crippen molar-refractivity contribution in [3.63, 3.8) is 0 Å². The second-order valence-corrected chi connectivity index (χ2v) is 6.63. The highest BCUT2D eigenvalue weighted by Gasteiger charge is 2.24. The highest BCUT2D eigenvalue weighted by atomic mass is 16.1. The minimum Gasteiger partial charge on any atom is -0.294 e. The van der Waals surface area contributed by atoms with E-state index in [2.05, 4.69) is 11.8 Å². The van der Waals surface area contributed by atoms with Crippen molar-refractivity contribution < 1.29 is 4.79 Å². The smallest absolute Gasteiger partial charge is 0.164 e. The minimum absolute atomic E-state index is 0.165. The van der Waals surface area contributed by atoms with Crippen LogP contribution in [0, 0.1) is 23.7 Å². The molecule has 0 aromatic heterocycles. The van der Waals surface area contributed by atoms with Gasteiger partial charge >= 0.3 is 0 Å². The molecule has 1 heteroatoms. The number of hydrogen-bond donors (Lipinski definition) is 0. The van der Waals surface area contributed by atoms with Crippen LogP contribution in [0.25, 0.3) is 0 Å². The number of benzene rings is 2. The van der Waals surface area contributed by atoms with E-state index in [9.17, 15) is 4.79 Å². The topological polar surface area (TPSA) is 17.1 Å². The van der Waals surface area contributed by atoms with Crippen molar-refractivity contribution in [2.24, 2.45) is 11.8 Å². The Kier molecular flexibility index (Phi) is 5.85. The highest BCUT2D eigenvalue weighted by molar-refractivity contribution is 5.96. The standard InChI is InChI=1S/C23H24O/c24-23(21-14-8-3-9-15-21)18-22(20-12-6-2-7-13-20)17-16-19-10-4-1-5-11-19/h1,3-5,8-11,14-15,20,22H,2,6-7,12-13,18H2. The van der Waals surface area contributed by atoms with E-state index in [0.717, 1.165) is 11.1 Å². The lowest BCUT2D eigenvalue weighted by atomic mass is 9.77. The van der Waals surface area contributed by atoms with Crippen LogP contribution in [-0.4, -0.2) is 5.78 Å². The number of carbonyl (C=O) groups excluding carboxylic acids is 1. The van der Waals surface area contributed by atoms with E-state index in [1.807, 2.05) is 60.7 Å². The Hall–Kier alpha value is -2.33. The summed E-state index contributed by atoms with van der Waals surface area (Å²) in [5.74, 6) is 7.67. The first-order valence-electron chi connectivity index (χ1n) is 8.98. The Morgan fingerprint density at radius 2 is 1.54 bits per heavy atom. The Morgan fingerprint density at radius 1 is 0.917 bits per heavy atom. The zero-order valence-electron chi connectivity index (χ0n) is 14.1. The Bertz CT molecular complexity index is 700. The van der Waals surface area contributed by atoms with Gasteiger partial charge in [0.25, 0.3) is 0 Å². The molecule has 0 saturated heterocycles. The van der Waals surface area contributed by atoms with Gasteiger partial charge in [0.15, 0.2) is 5.78 Å². The Morgan fingerprint density at radius 3 is 2.21 bits per heavy atom. The lowest BCUT2D eigenvalue weighted by Gasteiger charge is -2.26. The maximum Gasteiger partial charge on any atom is 0.164 e. The van der Waals surface area contributed by atoms with Gasteiger partial charge in [0, 0.05) is 23.5 Å². The lowest BCUT2D eigenvalue weighted by molar-refractivity contribution is 0.0952. The van der Waals surface area contributed by atoms with Gasteiger partial charge < -0.3 is 0 Å². The number of rotatable bonds is 4. The molecular weight excluding hydrogens is 292 g/mol. The summed E-state index contributed by atoms with van der Waals surface area (Å²) >= 11 is 0. The zero-order valence-corrected chi connectivity index (χ0v) is 14.1. The second kappa shape index (κ2) is 8.50.